The Kier molecular flexibility index (Phi) is 9.81. The fourth-order valence-electron chi connectivity index (χ4n) is 10.8. The Morgan fingerprint density at radius 1 is 0.362 bits per heavy atom. The number of hydrogen-bond donors (Lipinski definition) is 0. The van der Waals surface area contributed by atoms with Crippen molar-refractivity contribution >= 4 is 65.4 Å². The summed E-state index contributed by atoms with van der Waals surface area (Å²) in [5.74, 6) is 0. The zero-order valence-electron chi connectivity index (χ0n) is 42.3. The van der Waals surface area contributed by atoms with Crippen molar-refractivity contribution in [3.05, 3.63) is 186 Å². The largest absolute Gasteiger partial charge is 0.309 e. The highest BCUT2D eigenvalue weighted by Gasteiger charge is 2.29. The number of fused-ring (bicyclic) bond motifs is 11. The van der Waals surface area contributed by atoms with Crippen molar-refractivity contribution in [3.8, 4) is 34.3 Å². The van der Waals surface area contributed by atoms with Gasteiger partial charge in [0.25, 0.3) is 0 Å². The summed E-state index contributed by atoms with van der Waals surface area (Å²) in [4.78, 5) is 0. The summed E-state index contributed by atoms with van der Waals surface area (Å²) in [5, 5.41) is 17.6. The molecule has 0 aliphatic carbocycles. The number of para-hydroxylation sites is 2. The average Bonchev–Trinajstić information content (AvgIpc) is 3.96. The SMILES string of the molecule is CC(C)(C)c1cc(-n2c3ccccc3c3c2ccc2c4ccc5c(c6ccccc6n5-c5cc(C#N)ccc5-c5ccccc5)c4n(-c4cc(C(C)(C)C)cc(C(C)(C)C)c4)c23)cc(C(C)(C)C)c1. The Bertz CT molecular complexity index is 3860. The minimum Gasteiger partial charge on any atom is -0.309 e. The normalized spacial score (nSPS) is 12.9. The molecule has 8 aromatic carbocycles. The van der Waals surface area contributed by atoms with Crippen molar-refractivity contribution in [2.75, 3.05) is 0 Å². The molecule has 4 heteroatoms. The van der Waals surface area contributed by atoms with E-state index in [4.69, 9.17) is 0 Å². The highest BCUT2D eigenvalue weighted by Crippen LogP contribution is 2.48. The van der Waals surface area contributed by atoms with Gasteiger partial charge >= 0.3 is 0 Å². The Labute approximate surface area is 407 Å². The van der Waals surface area contributed by atoms with Gasteiger partial charge in [-0.05, 0) is 110 Å². The van der Waals surface area contributed by atoms with Gasteiger partial charge in [-0.25, -0.2) is 0 Å². The number of nitrogens with zero attached hydrogens (tertiary/aromatic N) is 4. The minimum absolute atomic E-state index is 0.0420. The molecule has 0 saturated heterocycles. The predicted molar refractivity (Wildman–Crippen MR) is 294 cm³/mol. The summed E-state index contributed by atoms with van der Waals surface area (Å²) in [5.41, 5.74) is 18.0. The van der Waals surface area contributed by atoms with Gasteiger partial charge in [0.1, 0.15) is 0 Å². The van der Waals surface area contributed by atoms with Crippen LogP contribution in [-0.2, 0) is 21.7 Å². The molecule has 11 rings (SSSR count). The van der Waals surface area contributed by atoms with Crippen LogP contribution in [0.15, 0.2) is 158 Å². The number of rotatable bonds is 4. The van der Waals surface area contributed by atoms with Crippen LogP contribution in [0.2, 0.25) is 0 Å². The second-order valence-corrected chi connectivity index (χ2v) is 23.5. The van der Waals surface area contributed by atoms with Crippen LogP contribution in [-0.4, -0.2) is 13.7 Å². The summed E-state index contributed by atoms with van der Waals surface area (Å²) in [6, 6.07) is 61.0. The quantitative estimate of drug-likeness (QED) is 0.173. The molecule has 0 saturated carbocycles. The van der Waals surface area contributed by atoms with Crippen LogP contribution in [0.5, 0.6) is 0 Å². The van der Waals surface area contributed by atoms with Gasteiger partial charge in [-0.15, -0.1) is 0 Å². The molecule has 3 heterocycles. The van der Waals surface area contributed by atoms with Gasteiger partial charge in [0.15, 0.2) is 0 Å². The number of aromatic nitrogens is 3. The molecule has 0 fully saturated rings. The van der Waals surface area contributed by atoms with E-state index in [0.717, 1.165) is 33.5 Å². The van der Waals surface area contributed by atoms with E-state index in [2.05, 4.69) is 255 Å². The standard InChI is InChI=1S/C65H62N4/c1-62(2,3)42-33-43(63(4,5)6)36-46(35-42)67-53-24-18-16-22-51(53)58-55(67)30-28-49-50-29-31-56-59(61(50)68(60(49)58)47-37-44(64(7,8)9)34-45(38-47)65(10,11)12)52-23-17-19-25-54(52)69(56)57-32-40(39-66)26-27-48(57)41-20-14-13-15-21-41/h13-38H,1-12H3. The lowest BCUT2D eigenvalue weighted by atomic mass is 9.80. The third kappa shape index (κ3) is 7.08. The first-order chi connectivity index (χ1) is 32.7. The van der Waals surface area contributed by atoms with Crippen LogP contribution in [0.4, 0.5) is 0 Å². The van der Waals surface area contributed by atoms with E-state index in [1.165, 1.54) is 82.3 Å². The second-order valence-electron chi connectivity index (χ2n) is 23.5. The second kappa shape index (κ2) is 15.3. The summed E-state index contributed by atoms with van der Waals surface area (Å²) in [6.45, 7) is 27.9. The lowest BCUT2D eigenvalue weighted by Gasteiger charge is -2.27. The zero-order valence-corrected chi connectivity index (χ0v) is 42.3. The average molecular weight is 899 g/mol. The fraction of sp³-hybridized carbons (Fsp3) is 0.246. The topological polar surface area (TPSA) is 38.6 Å². The van der Waals surface area contributed by atoms with Gasteiger partial charge in [0.2, 0.25) is 0 Å². The van der Waals surface area contributed by atoms with E-state index >= 15 is 0 Å². The van der Waals surface area contributed by atoms with Crippen molar-refractivity contribution in [2.24, 2.45) is 0 Å². The van der Waals surface area contributed by atoms with Gasteiger partial charge in [0.05, 0.1) is 50.4 Å². The molecular formula is C65H62N4. The molecule has 69 heavy (non-hydrogen) atoms. The highest BCUT2D eigenvalue weighted by molar-refractivity contribution is 6.31. The molecule has 0 radical (unpaired) electrons. The van der Waals surface area contributed by atoms with Crippen molar-refractivity contribution in [3.63, 3.8) is 0 Å². The molecule has 0 aliphatic rings. The number of benzene rings is 8. The molecule has 11 aromatic rings. The van der Waals surface area contributed by atoms with E-state index in [1.807, 2.05) is 6.07 Å². The highest BCUT2D eigenvalue weighted by atomic mass is 15.0. The lowest BCUT2D eigenvalue weighted by Crippen LogP contribution is -2.17. The summed E-state index contributed by atoms with van der Waals surface area (Å²) < 4.78 is 7.55. The van der Waals surface area contributed by atoms with Crippen LogP contribution in [0.25, 0.3) is 93.6 Å². The molecule has 3 aromatic heterocycles. The van der Waals surface area contributed by atoms with Crippen molar-refractivity contribution in [2.45, 2.75) is 105 Å². The zero-order chi connectivity index (χ0) is 48.5. The van der Waals surface area contributed by atoms with E-state index in [-0.39, 0.29) is 21.7 Å². The molecule has 0 N–H and O–H groups in total. The van der Waals surface area contributed by atoms with Gasteiger partial charge in [-0.1, -0.05) is 180 Å². The molecule has 4 nitrogen and oxygen atoms in total. The van der Waals surface area contributed by atoms with Crippen LogP contribution < -0.4 is 0 Å². The monoisotopic (exact) mass is 898 g/mol. The van der Waals surface area contributed by atoms with Gasteiger partial charge in [-0.3, -0.25) is 0 Å². The van der Waals surface area contributed by atoms with E-state index in [0.29, 0.717) is 5.56 Å². The van der Waals surface area contributed by atoms with Crippen LogP contribution >= 0.6 is 0 Å². The molecule has 0 atom stereocenters. The molecule has 0 spiro atoms. The third-order valence-corrected chi connectivity index (χ3v) is 14.6. The maximum Gasteiger partial charge on any atom is 0.0992 e. The predicted octanol–water partition coefficient (Wildman–Crippen LogP) is 17.7. The van der Waals surface area contributed by atoms with Crippen LogP contribution in [0.1, 0.15) is 111 Å². The number of hydrogen-bond acceptors (Lipinski definition) is 1. The Hall–Kier alpha value is -7.35. The lowest BCUT2D eigenvalue weighted by molar-refractivity contribution is 0.567. The first-order valence-electron chi connectivity index (χ1n) is 24.6. The van der Waals surface area contributed by atoms with Crippen LogP contribution in [0.3, 0.4) is 0 Å². The Morgan fingerprint density at radius 2 is 0.783 bits per heavy atom. The summed E-state index contributed by atoms with van der Waals surface area (Å²) in [7, 11) is 0. The molecule has 0 unspecified atom stereocenters. The van der Waals surface area contributed by atoms with Crippen molar-refractivity contribution in [1.29, 1.82) is 5.26 Å². The van der Waals surface area contributed by atoms with Gasteiger partial charge < -0.3 is 13.7 Å². The molecular weight excluding hydrogens is 837 g/mol. The molecule has 0 aliphatic heterocycles. The smallest absolute Gasteiger partial charge is 0.0992 e. The Morgan fingerprint density at radius 3 is 1.25 bits per heavy atom. The van der Waals surface area contributed by atoms with Crippen LogP contribution in [0, 0.1) is 11.3 Å². The first kappa shape index (κ1) is 44.2. The third-order valence-electron chi connectivity index (χ3n) is 14.6. The Balaban J connectivity index is 1.37. The minimum atomic E-state index is -0.103. The summed E-state index contributed by atoms with van der Waals surface area (Å²) >= 11 is 0. The van der Waals surface area contributed by atoms with Crippen molar-refractivity contribution in [1.82, 2.24) is 13.7 Å². The fourth-order valence-corrected chi connectivity index (χ4v) is 10.8. The van der Waals surface area contributed by atoms with E-state index < -0.39 is 0 Å². The van der Waals surface area contributed by atoms with Gasteiger partial charge in [0, 0.05) is 49.3 Å². The summed E-state index contributed by atoms with van der Waals surface area (Å²) in [6.07, 6.45) is 0. The maximum absolute atomic E-state index is 10.4. The maximum atomic E-state index is 10.4. The van der Waals surface area contributed by atoms with E-state index in [9.17, 15) is 5.26 Å². The molecule has 0 bridgehead atoms. The van der Waals surface area contributed by atoms with E-state index in [1.54, 1.807) is 0 Å². The number of nitriles is 1. The molecule has 342 valence electrons. The van der Waals surface area contributed by atoms with Gasteiger partial charge in [-0.2, -0.15) is 5.26 Å². The van der Waals surface area contributed by atoms with Crippen molar-refractivity contribution < 1.29 is 0 Å². The molecule has 0 amide bonds. The first-order valence-corrected chi connectivity index (χ1v) is 24.6.